The van der Waals surface area contributed by atoms with Gasteiger partial charge in [-0.05, 0) is 26.0 Å². The van der Waals surface area contributed by atoms with Crippen molar-refractivity contribution in [2.24, 2.45) is 0 Å². The van der Waals surface area contributed by atoms with Crippen LogP contribution in [0.5, 0.6) is 11.8 Å². The second kappa shape index (κ2) is 6.94. The summed E-state index contributed by atoms with van der Waals surface area (Å²) in [4.78, 5) is 15.9. The normalized spacial score (nSPS) is 11.8. The van der Waals surface area contributed by atoms with Crippen LogP contribution in [0.1, 0.15) is 13.8 Å². The Morgan fingerprint density at radius 1 is 1.48 bits per heavy atom. The van der Waals surface area contributed by atoms with E-state index in [4.69, 9.17) is 21.1 Å². The number of nitrogens with zero attached hydrogens (tertiary/aromatic N) is 2. The largest absolute Gasteiger partial charge is 0.479 e. The summed E-state index contributed by atoms with van der Waals surface area (Å²) >= 11 is 5.97. The molecule has 8 heteroatoms. The van der Waals surface area contributed by atoms with Gasteiger partial charge in [-0.25, -0.2) is 5.10 Å². The summed E-state index contributed by atoms with van der Waals surface area (Å²) < 4.78 is 10.6. The van der Waals surface area contributed by atoms with Crippen LogP contribution in [-0.4, -0.2) is 33.8 Å². The number of hydrogen-bond acceptors (Lipinski definition) is 5. The van der Waals surface area contributed by atoms with Gasteiger partial charge in [0.25, 0.3) is 5.91 Å². The Bertz CT molecular complexity index is 617. The monoisotopic (exact) mass is 310 g/mol. The van der Waals surface area contributed by atoms with Crippen molar-refractivity contribution in [3.05, 3.63) is 29.3 Å². The van der Waals surface area contributed by atoms with E-state index in [1.54, 1.807) is 31.2 Å². The third-order valence-electron chi connectivity index (χ3n) is 2.49. The fourth-order valence-corrected chi connectivity index (χ4v) is 1.68. The minimum atomic E-state index is -0.745. The first kappa shape index (κ1) is 15.1. The van der Waals surface area contributed by atoms with E-state index in [1.165, 1.54) is 0 Å². The number of amides is 1. The Balaban J connectivity index is 1.94. The van der Waals surface area contributed by atoms with Crippen LogP contribution in [0.2, 0.25) is 5.02 Å². The van der Waals surface area contributed by atoms with Crippen molar-refractivity contribution in [1.82, 2.24) is 15.2 Å². The molecule has 0 spiro atoms. The molecule has 0 bridgehead atoms. The molecule has 1 heterocycles. The molecule has 2 aromatic rings. The maximum Gasteiger partial charge on any atom is 0.337 e. The summed E-state index contributed by atoms with van der Waals surface area (Å²) in [6.45, 7) is 3.86. The van der Waals surface area contributed by atoms with Crippen LogP contribution in [0.15, 0.2) is 24.3 Å². The third-order valence-corrected chi connectivity index (χ3v) is 2.80. The van der Waals surface area contributed by atoms with E-state index in [1.807, 2.05) is 6.92 Å². The number of aromatic amines is 1. The molecule has 2 rings (SSSR count). The van der Waals surface area contributed by atoms with Crippen molar-refractivity contribution in [3.8, 4) is 11.8 Å². The molecule has 1 aromatic carbocycles. The zero-order valence-electron chi connectivity index (χ0n) is 11.6. The number of aromatic nitrogens is 3. The third kappa shape index (κ3) is 4.09. The molecule has 21 heavy (non-hydrogen) atoms. The minimum Gasteiger partial charge on any atom is -0.479 e. The van der Waals surface area contributed by atoms with Gasteiger partial charge in [0.05, 0.1) is 11.6 Å². The Morgan fingerprint density at radius 3 is 2.95 bits per heavy atom. The number of nitrogens with one attached hydrogen (secondary N) is 2. The number of anilines is 1. The first-order chi connectivity index (χ1) is 10.1. The quantitative estimate of drug-likeness (QED) is 0.854. The molecule has 0 radical (unpaired) electrons. The fourth-order valence-electron chi connectivity index (χ4n) is 1.50. The molecule has 0 fully saturated rings. The molecule has 0 saturated heterocycles. The highest BCUT2D eigenvalue weighted by Crippen LogP contribution is 2.24. The van der Waals surface area contributed by atoms with Crippen LogP contribution >= 0.6 is 11.6 Å². The Morgan fingerprint density at radius 2 is 2.24 bits per heavy atom. The van der Waals surface area contributed by atoms with Gasteiger partial charge in [0.2, 0.25) is 5.95 Å². The molecule has 0 saturated carbocycles. The Hall–Kier alpha value is -2.28. The zero-order valence-corrected chi connectivity index (χ0v) is 12.3. The van der Waals surface area contributed by atoms with Crippen LogP contribution in [0.4, 0.5) is 5.95 Å². The van der Waals surface area contributed by atoms with Gasteiger partial charge in [-0.1, -0.05) is 23.7 Å². The number of ether oxygens (including phenoxy) is 2. The lowest BCUT2D eigenvalue weighted by Crippen LogP contribution is -2.30. The SMILES string of the molecule is CCOc1n[nH]c(NC(=O)C(C)Oc2ccccc2Cl)n1. The average Bonchev–Trinajstić information content (AvgIpc) is 2.89. The zero-order chi connectivity index (χ0) is 15.2. The summed E-state index contributed by atoms with van der Waals surface area (Å²) in [5.41, 5.74) is 0. The van der Waals surface area contributed by atoms with Gasteiger partial charge in [0, 0.05) is 0 Å². The highest BCUT2D eigenvalue weighted by molar-refractivity contribution is 6.32. The maximum atomic E-state index is 12.0. The maximum absolute atomic E-state index is 12.0. The second-order valence-corrected chi connectivity index (χ2v) is 4.49. The van der Waals surface area contributed by atoms with Crippen LogP contribution < -0.4 is 14.8 Å². The number of halogens is 1. The topological polar surface area (TPSA) is 89.1 Å². The average molecular weight is 311 g/mol. The van der Waals surface area contributed by atoms with E-state index in [0.717, 1.165) is 0 Å². The van der Waals surface area contributed by atoms with E-state index in [9.17, 15) is 4.79 Å². The predicted octanol–water partition coefficient (Wildman–Crippen LogP) is 2.26. The minimum absolute atomic E-state index is 0.174. The van der Waals surface area contributed by atoms with Crippen LogP contribution in [0.3, 0.4) is 0 Å². The predicted molar refractivity (Wildman–Crippen MR) is 77.7 cm³/mol. The lowest BCUT2D eigenvalue weighted by Gasteiger charge is -2.14. The smallest absolute Gasteiger partial charge is 0.337 e. The van der Waals surface area contributed by atoms with Crippen molar-refractivity contribution < 1.29 is 14.3 Å². The number of rotatable bonds is 6. The number of hydrogen-bond donors (Lipinski definition) is 2. The van der Waals surface area contributed by atoms with E-state index in [0.29, 0.717) is 17.4 Å². The molecular weight excluding hydrogens is 296 g/mol. The van der Waals surface area contributed by atoms with Crippen molar-refractivity contribution in [3.63, 3.8) is 0 Å². The number of para-hydroxylation sites is 1. The van der Waals surface area contributed by atoms with E-state index in [-0.39, 0.29) is 17.9 Å². The highest BCUT2D eigenvalue weighted by atomic mass is 35.5. The van der Waals surface area contributed by atoms with Gasteiger partial charge < -0.3 is 9.47 Å². The van der Waals surface area contributed by atoms with Crippen molar-refractivity contribution in [2.75, 3.05) is 11.9 Å². The standard InChI is InChI=1S/C13H15ClN4O3/c1-3-20-13-16-12(17-18-13)15-11(19)8(2)21-10-7-5-4-6-9(10)14/h4-8H,3H2,1-2H3,(H2,15,16,17,18,19). The lowest BCUT2D eigenvalue weighted by atomic mass is 10.3. The summed E-state index contributed by atoms with van der Waals surface area (Å²) in [7, 11) is 0. The highest BCUT2D eigenvalue weighted by Gasteiger charge is 2.17. The molecule has 0 aliphatic heterocycles. The van der Waals surface area contributed by atoms with Crippen LogP contribution in [-0.2, 0) is 4.79 Å². The van der Waals surface area contributed by atoms with Gasteiger partial charge in [-0.2, -0.15) is 4.98 Å². The van der Waals surface area contributed by atoms with Gasteiger partial charge in [-0.3, -0.25) is 10.1 Å². The van der Waals surface area contributed by atoms with Gasteiger partial charge in [-0.15, -0.1) is 5.10 Å². The molecule has 0 aliphatic carbocycles. The van der Waals surface area contributed by atoms with Crippen LogP contribution in [0.25, 0.3) is 0 Å². The molecule has 0 aliphatic rings. The Labute approximate surface area is 126 Å². The number of benzene rings is 1. The molecule has 112 valence electrons. The van der Waals surface area contributed by atoms with Crippen LogP contribution in [0, 0.1) is 0 Å². The summed E-state index contributed by atoms with van der Waals surface area (Å²) in [5, 5.41) is 9.32. The summed E-state index contributed by atoms with van der Waals surface area (Å²) in [5.74, 6) is 0.251. The number of H-pyrrole nitrogens is 1. The van der Waals surface area contributed by atoms with Gasteiger partial charge >= 0.3 is 6.01 Å². The van der Waals surface area contributed by atoms with Crippen molar-refractivity contribution in [2.45, 2.75) is 20.0 Å². The summed E-state index contributed by atoms with van der Waals surface area (Å²) in [6, 6.07) is 7.10. The molecular formula is C13H15ClN4O3. The molecule has 7 nitrogen and oxygen atoms in total. The number of carbonyl (C=O) groups excluding carboxylic acids is 1. The Kier molecular flexibility index (Phi) is 4.99. The van der Waals surface area contributed by atoms with E-state index < -0.39 is 6.10 Å². The first-order valence-corrected chi connectivity index (χ1v) is 6.75. The number of carbonyl (C=O) groups is 1. The van der Waals surface area contributed by atoms with E-state index in [2.05, 4.69) is 20.5 Å². The molecule has 1 atom stereocenters. The fraction of sp³-hybridized carbons (Fsp3) is 0.308. The first-order valence-electron chi connectivity index (χ1n) is 6.37. The lowest BCUT2D eigenvalue weighted by molar-refractivity contribution is -0.122. The van der Waals surface area contributed by atoms with Crippen molar-refractivity contribution in [1.29, 1.82) is 0 Å². The van der Waals surface area contributed by atoms with Crippen molar-refractivity contribution >= 4 is 23.5 Å². The molecule has 1 unspecified atom stereocenters. The summed E-state index contributed by atoms with van der Waals surface area (Å²) in [6.07, 6.45) is -0.745. The molecule has 1 aromatic heterocycles. The van der Waals surface area contributed by atoms with Gasteiger partial charge in [0.1, 0.15) is 5.75 Å². The second-order valence-electron chi connectivity index (χ2n) is 4.08. The van der Waals surface area contributed by atoms with E-state index >= 15 is 0 Å². The molecule has 2 N–H and O–H groups in total. The van der Waals surface area contributed by atoms with Gasteiger partial charge in [0.15, 0.2) is 6.10 Å². The molecule has 1 amide bonds.